The number of nitrogens with zero attached hydrogens (tertiary/aromatic N) is 3. The van der Waals surface area contributed by atoms with Crippen LogP contribution < -0.4 is 14.7 Å². The first-order valence-electron chi connectivity index (χ1n) is 17.7. The van der Waals surface area contributed by atoms with Gasteiger partial charge < -0.3 is 30.0 Å². The maximum atomic E-state index is 9.92. The Labute approximate surface area is 293 Å². The van der Waals surface area contributed by atoms with Crippen LogP contribution in [0, 0.1) is 6.92 Å². The van der Waals surface area contributed by atoms with E-state index in [4.69, 9.17) is 0 Å². The number of aryl methyl sites for hydroxylation is 1. The fourth-order valence-corrected chi connectivity index (χ4v) is 6.55. The summed E-state index contributed by atoms with van der Waals surface area (Å²) >= 11 is 0. The second-order valence-corrected chi connectivity index (χ2v) is 12.2. The molecule has 3 N–H and O–H groups in total. The zero-order chi connectivity index (χ0) is 35.0. The number of aromatic hydroxyl groups is 3. The van der Waals surface area contributed by atoms with Gasteiger partial charge in [0, 0.05) is 37.1 Å². The van der Waals surface area contributed by atoms with E-state index in [9.17, 15) is 15.3 Å². The molecule has 1 fully saturated rings. The molecule has 49 heavy (non-hydrogen) atoms. The van der Waals surface area contributed by atoms with Gasteiger partial charge in [0.1, 0.15) is 17.2 Å². The summed E-state index contributed by atoms with van der Waals surface area (Å²) in [6.45, 7) is 11.0. The van der Waals surface area contributed by atoms with Crippen molar-refractivity contribution in [2.45, 2.75) is 65.8 Å². The molecule has 1 aliphatic carbocycles. The Kier molecular flexibility index (Phi) is 14.3. The van der Waals surface area contributed by atoms with Gasteiger partial charge in [0.15, 0.2) is 0 Å². The maximum Gasteiger partial charge on any atom is 0.139 e. The molecule has 0 radical (unpaired) electrons. The molecule has 6 heteroatoms. The Morgan fingerprint density at radius 2 is 0.898 bits per heavy atom. The standard InChI is InChI=1S/C15H17NO.C14H21NO.C14H15NO/c1-3-16(13-9-5-4-8-12(13)2)14-10-6-7-11-15(14)17;2*1-2-15(12-8-4-3-5-9-12)13-10-6-7-11-14(13)16/h4-11,17H,3H2,1-2H3;6-7,10-12,16H,2-5,8-9H2,1H3;3-11,16H,2H2,1H3. The molecule has 5 aromatic rings. The lowest BCUT2D eigenvalue weighted by Gasteiger charge is -2.35. The molecule has 1 aliphatic rings. The molecule has 0 aromatic heterocycles. The normalized spacial score (nSPS) is 12.5. The first kappa shape index (κ1) is 36.7. The Balaban J connectivity index is 0.000000166. The lowest BCUT2D eigenvalue weighted by molar-refractivity contribution is 0.411. The molecular formula is C43H53N3O3. The molecule has 0 aliphatic heterocycles. The number of anilines is 5. The van der Waals surface area contributed by atoms with E-state index in [1.807, 2.05) is 97.1 Å². The molecule has 0 saturated heterocycles. The highest BCUT2D eigenvalue weighted by molar-refractivity contribution is 5.71. The summed E-state index contributed by atoms with van der Waals surface area (Å²) in [5.41, 5.74) is 6.12. The van der Waals surface area contributed by atoms with Crippen molar-refractivity contribution in [2.75, 3.05) is 34.3 Å². The van der Waals surface area contributed by atoms with Gasteiger partial charge in [-0.2, -0.15) is 0 Å². The minimum atomic E-state index is 0.313. The number of hydrogen-bond donors (Lipinski definition) is 3. The molecule has 0 amide bonds. The van der Waals surface area contributed by atoms with Gasteiger partial charge in [0.05, 0.1) is 17.1 Å². The van der Waals surface area contributed by atoms with Crippen LogP contribution >= 0.6 is 0 Å². The molecule has 258 valence electrons. The third-order valence-corrected chi connectivity index (χ3v) is 9.00. The lowest BCUT2D eigenvalue weighted by Crippen LogP contribution is -2.36. The van der Waals surface area contributed by atoms with Crippen LogP contribution in [0.2, 0.25) is 0 Å². The fourth-order valence-electron chi connectivity index (χ4n) is 6.55. The maximum absolute atomic E-state index is 9.92. The van der Waals surface area contributed by atoms with Crippen LogP contribution in [-0.2, 0) is 0 Å². The van der Waals surface area contributed by atoms with E-state index < -0.39 is 0 Å². The molecule has 0 atom stereocenters. The van der Waals surface area contributed by atoms with Gasteiger partial charge in [0.2, 0.25) is 0 Å². The first-order valence-corrected chi connectivity index (χ1v) is 17.7. The molecule has 6 rings (SSSR count). The van der Waals surface area contributed by atoms with E-state index >= 15 is 0 Å². The zero-order valence-electron chi connectivity index (χ0n) is 29.5. The van der Waals surface area contributed by atoms with Crippen molar-refractivity contribution in [3.8, 4) is 17.2 Å². The SMILES string of the molecule is CCN(c1ccccc1)c1ccccc1O.CCN(c1ccccc1C)c1ccccc1O.CCN(c1ccccc1O)C1CCCCC1. The third kappa shape index (κ3) is 9.96. The topological polar surface area (TPSA) is 70.4 Å². The van der Waals surface area contributed by atoms with Crippen molar-refractivity contribution in [1.82, 2.24) is 0 Å². The van der Waals surface area contributed by atoms with Gasteiger partial charge in [-0.3, -0.25) is 0 Å². The van der Waals surface area contributed by atoms with Gasteiger partial charge >= 0.3 is 0 Å². The van der Waals surface area contributed by atoms with Gasteiger partial charge in [0.25, 0.3) is 0 Å². The predicted octanol–water partition coefficient (Wildman–Crippen LogP) is 11.0. The Morgan fingerprint density at radius 3 is 1.37 bits per heavy atom. The summed E-state index contributed by atoms with van der Waals surface area (Å²) in [5, 5.41) is 29.7. The second-order valence-electron chi connectivity index (χ2n) is 12.2. The van der Waals surface area contributed by atoms with Crippen LogP contribution in [-0.4, -0.2) is 41.0 Å². The minimum Gasteiger partial charge on any atom is -0.506 e. The van der Waals surface area contributed by atoms with Crippen LogP contribution in [0.4, 0.5) is 28.4 Å². The zero-order valence-corrected chi connectivity index (χ0v) is 29.5. The highest BCUT2D eigenvalue weighted by Gasteiger charge is 2.21. The average Bonchev–Trinajstić information content (AvgIpc) is 3.14. The smallest absolute Gasteiger partial charge is 0.139 e. The molecule has 6 nitrogen and oxygen atoms in total. The molecule has 1 saturated carbocycles. The van der Waals surface area contributed by atoms with E-state index in [1.54, 1.807) is 18.2 Å². The van der Waals surface area contributed by atoms with Crippen LogP contribution in [0.3, 0.4) is 0 Å². The summed E-state index contributed by atoms with van der Waals surface area (Å²) in [4.78, 5) is 6.55. The van der Waals surface area contributed by atoms with E-state index in [2.05, 4.69) is 54.5 Å². The molecule has 0 spiro atoms. The monoisotopic (exact) mass is 659 g/mol. The fraction of sp³-hybridized carbons (Fsp3) is 0.302. The number of phenolic OH excluding ortho intramolecular Hbond substituents is 3. The second kappa shape index (κ2) is 19.0. The van der Waals surface area contributed by atoms with Crippen LogP contribution in [0.1, 0.15) is 58.4 Å². The largest absolute Gasteiger partial charge is 0.506 e. The van der Waals surface area contributed by atoms with Gasteiger partial charge in [-0.1, -0.05) is 92.1 Å². The van der Waals surface area contributed by atoms with Crippen molar-refractivity contribution < 1.29 is 15.3 Å². The molecule has 0 bridgehead atoms. The van der Waals surface area contributed by atoms with Crippen molar-refractivity contribution in [2.24, 2.45) is 0 Å². The molecule has 5 aromatic carbocycles. The van der Waals surface area contributed by atoms with Gasteiger partial charge in [-0.25, -0.2) is 0 Å². The summed E-state index contributed by atoms with van der Waals surface area (Å²) in [5.74, 6) is 1.04. The number of para-hydroxylation sites is 8. The predicted molar refractivity (Wildman–Crippen MR) is 207 cm³/mol. The summed E-state index contributed by atoms with van der Waals surface area (Å²) < 4.78 is 0. The van der Waals surface area contributed by atoms with Gasteiger partial charge in [-0.15, -0.1) is 0 Å². The number of benzene rings is 5. The van der Waals surface area contributed by atoms with E-state index in [-0.39, 0.29) is 0 Å². The number of hydrogen-bond acceptors (Lipinski definition) is 6. The molecule has 0 heterocycles. The lowest BCUT2D eigenvalue weighted by atomic mass is 9.93. The van der Waals surface area contributed by atoms with Crippen molar-refractivity contribution in [3.05, 3.63) is 133 Å². The summed E-state index contributed by atoms with van der Waals surface area (Å²) in [6.07, 6.45) is 6.56. The summed E-state index contributed by atoms with van der Waals surface area (Å²) in [7, 11) is 0. The van der Waals surface area contributed by atoms with Crippen molar-refractivity contribution >= 4 is 28.4 Å². The van der Waals surface area contributed by atoms with Crippen LogP contribution in [0.25, 0.3) is 0 Å². The van der Waals surface area contributed by atoms with Crippen LogP contribution in [0.15, 0.2) is 127 Å². The third-order valence-electron chi connectivity index (χ3n) is 9.00. The Bertz CT molecular complexity index is 1640. The summed E-state index contributed by atoms with van der Waals surface area (Å²) in [6, 6.07) is 41.4. The number of phenols is 3. The van der Waals surface area contributed by atoms with Crippen molar-refractivity contribution in [3.63, 3.8) is 0 Å². The van der Waals surface area contributed by atoms with E-state index in [0.29, 0.717) is 23.3 Å². The van der Waals surface area contributed by atoms with Crippen LogP contribution in [0.5, 0.6) is 17.2 Å². The number of rotatable bonds is 9. The minimum absolute atomic E-state index is 0.313. The van der Waals surface area contributed by atoms with Gasteiger partial charge in [-0.05, 0) is 101 Å². The van der Waals surface area contributed by atoms with Crippen molar-refractivity contribution in [1.29, 1.82) is 0 Å². The average molecular weight is 660 g/mol. The first-order chi connectivity index (χ1) is 23.9. The Morgan fingerprint density at radius 1 is 0.469 bits per heavy atom. The quantitative estimate of drug-likeness (QED) is 0.146. The molecular weight excluding hydrogens is 606 g/mol. The van der Waals surface area contributed by atoms with E-state index in [0.717, 1.165) is 48.1 Å². The molecule has 0 unspecified atom stereocenters. The van der Waals surface area contributed by atoms with E-state index in [1.165, 1.54) is 37.7 Å². The Hall–Kier alpha value is -5.10. The highest BCUT2D eigenvalue weighted by Crippen LogP contribution is 2.35. The highest BCUT2D eigenvalue weighted by atomic mass is 16.3.